The number of nitrogens with one attached hydrogen (secondary N) is 1. The average Bonchev–Trinajstić information content (AvgIpc) is 2.95. The van der Waals surface area contributed by atoms with Crippen LogP contribution in [-0.2, 0) is 33.6 Å². The number of hydrogen-bond acceptors (Lipinski definition) is 3. The Morgan fingerprint density at radius 1 is 1.00 bits per heavy atom. The third-order valence-electron chi connectivity index (χ3n) is 4.74. The van der Waals surface area contributed by atoms with E-state index >= 15 is 0 Å². The zero-order valence-corrected chi connectivity index (χ0v) is 14.2. The summed E-state index contributed by atoms with van der Waals surface area (Å²) < 4.78 is 0. The van der Waals surface area contributed by atoms with Gasteiger partial charge in [0.2, 0.25) is 11.8 Å². The minimum absolute atomic E-state index is 0.0972. The molecule has 0 radical (unpaired) electrons. The second kappa shape index (κ2) is 7.00. The number of primary amides is 1. The Labute approximate surface area is 151 Å². The van der Waals surface area contributed by atoms with Crippen molar-refractivity contribution in [3.8, 4) is 0 Å². The molecular formula is C20H20N2O4. The van der Waals surface area contributed by atoms with Crippen LogP contribution in [0, 0.1) is 5.41 Å². The van der Waals surface area contributed by atoms with Crippen LogP contribution in [0.25, 0.3) is 0 Å². The second-order valence-corrected chi connectivity index (χ2v) is 6.77. The summed E-state index contributed by atoms with van der Waals surface area (Å²) in [6.07, 6.45) is 0.738. The van der Waals surface area contributed by atoms with Crippen molar-refractivity contribution in [2.24, 2.45) is 11.1 Å². The highest BCUT2D eigenvalue weighted by Crippen LogP contribution is 2.40. The van der Waals surface area contributed by atoms with Gasteiger partial charge in [-0.05, 0) is 41.7 Å². The van der Waals surface area contributed by atoms with Gasteiger partial charge < -0.3 is 16.2 Å². The number of amides is 2. The second-order valence-electron chi connectivity index (χ2n) is 6.77. The first kappa shape index (κ1) is 17.7. The van der Waals surface area contributed by atoms with Crippen molar-refractivity contribution in [3.63, 3.8) is 0 Å². The quantitative estimate of drug-likeness (QED) is 0.738. The van der Waals surface area contributed by atoms with Gasteiger partial charge in [-0.1, -0.05) is 36.4 Å². The topological polar surface area (TPSA) is 109 Å². The van der Waals surface area contributed by atoms with Crippen molar-refractivity contribution in [2.45, 2.75) is 25.7 Å². The van der Waals surface area contributed by atoms with Crippen LogP contribution in [0.5, 0.6) is 0 Å². The molecule has 4 N–H and O–H groups in total. The number of fused-ring (bicyclic) bond motifs is 1. The number of anilines is 1. The highest BCUT2D eigenvalue weighted by Gasteiger charge is 2.45. The lowest BCUT2D eigenvalue weighted by molar-refractivity contribution is -0.150. The molecule has 0 saturated heterocycles. The molecule has 2 amide bonds. The molecule has 0 atom stereocenters. The van der Waals surface area contributed by atoms with Crippen LogP contribution in [0.1, 0.15) is 23.1 Å². The van der Waals surface area contributed by atoms with Gasteiger partial charge >= 0.3 is 5.97 Å². The Bertz CT molecular complexity index is 833. The molecule has 2 aromatic rings. The molecule has 0 spiro atoms. The smallest absolute Gasteiger partial charge is 0.310 e. The molecule has 1 aliphatic rings. The van der Waals surface area contributed by atoms with Crippen molar-refractivity contribution in [3.05, 3.63) is 65.2 Å². The van der Waals surface area contributed by atoms with Gasteiger partial charge in [0.1, 0.15) is 0 Å². The van der Waals surface area contributed by atoms with Crippen LogP contribution in [0.4, 0.5) is 5.69 Å². The molecule has 0 fully saturated rings. The van der Waals surface area contributed by atoms with Gasteiger partial charge in [-0.3, -0.25) is 14.4 Å². The molecule has 0 bridgehead atoms. The first-order valence-corrected chi connectivity index (χ1v) is 8.35. The highest BCUT2D eigenvalue weighted by atomic mass is 16.4. The van der Waals surface area contributed by atoms with Gasteiger partial charge in [-0.15, -0.1) is 0 Å². The largest absolute Gasteiger partial charge is 0.481 e. The Balaban J connectivity index is 1.68. The molecule has 0 aromatic heterocycles. The summed E-state index contributed by atoms with van der Waals surface area (Å²) in [7, 11) is 0. The predicted molar refractivity (Wildman–Crippen MR) is 96.5 cm³/mol. The lowest BCUT2D eigenvalue weighted by atomic mass is 9.81. The number of nitrogens with two attached hydrogens (primary N) is 1. The number of carboxylic acids is 1. The van der Waals surface area contributed by atoms with Crippen LogP contribution < -0.4 is 11.1 Å². The van der Waals surface area contributed by atoms with E-state index in [1.54, 1.807) is 24.3 Å². The van der Waals surface area contributed by atoms with Crippen molar-refractivity contribution < 1.29 is 19.5 Å². The summed E-state index contributed by atoms with van der Waals surface area (Å²) in [6, 6.07) is 14.3. The minimum Gasteiger partial charge on any atom is -0.481 e. The molecule has 6 nitrogen and oxygen atoms in total. The van der Waals surface area contributed by atoms with Crippen LogP contribution in [0.15, 0.2) is 48.5 Å². The van der Waals surface area contributed by atoms with Gasteiger partial charge in [0.05, 0.1) is 11.8 Å². The number of benzene rings is 2. The van der Waals surface area contributed by atoms with E-state index in [1.807, 2.05) is 24.3 Å². The van der Waals surface area contributed by atoms with Crippen molar-refractivity contribution in [1.82, 2.24) is 0 Å². The van der Waals surface area contributed by atoms with E-state index in [0.29, 0.717) is 18.5 Å². The highest BCUT2D eigenvalue weighted by molar-refractivity contribution is 5.94. The molecule has 1 aliphatic carbocycles. The lowest BCUT2D eigenvalue weighted by Crippen LogP contribution is -2.36. The number of carbonyl (C=O) groups is 3. The summed E-state index contributed by atoms with van der Waals surface area (Å²) >= 11 is 0. The fraction of sp³-hybridized carbons (Fsp3) is 0.250. The molecule has 0 saturated carbocycles. The molecular weight excluding hydrogens is 332 g/mol. The Hall–Kier alpha value is -3.15. The van der Waals surface area contributed by atoms with Gasteiger partial charge in [0.25, 0.3) is 0 Å². The summed E-state index contributed by atoms with van der Waals surface area (Å²) in [4.78, 5) is 35.3. The van der Waals surface area contributed by atoms with Gasteiger partial charge in [0, 0.05) is 12.1 Å². The lowest BCUT2D eigenvalue weighted by Gasteiger charge is -2.23. The van der Waals surface area contributed by atoms with Crippen LogP contribution in [0.3, 0.4) is 0 Å². The van der Waals surface area contributed by atoms with Crippen LogP contribution in [0.2, 0.25) is 0 Å². The maximum atomic E-state index is 12.4. The van der Waals surface area contributed by atoms with Gasteiger partial charge in [-0.25, -0.2) is 0 Å². The predicted octanol–water partition coefficient (Wildman–Crippen LogP) is 1.91. The van der Waals surface area contributed by atoms with Crippen molar-refractivity contribution in [1.29, 1.82) is 0 Å². The molecule has 0 heterocycles. The Morgan fingerprint density at radius 2 is 1.58 bits per heavy atom. The SMILES string of the molecule is NC(=O)Cc1ccc(NC(=O)CC2(C(=O)O)Cc3ccccc3C2)cc1. The molecule has 26 heavy (non-hydrogen) atoms. The average molecular weight is 352 g/mol. The summed E-state index contributed by atoms with van der Waals surface area (Å²) in [5, 5.41) is 12.5. The first-order chi connectivity index (χ1) is 12.4. The Kier molecular flexibility index (Phi) is 4.75. The van der Waals surface area contributed by atoms with E-state index in [0.717, 1.165) is 16.7 Å². The third-order valence-corrected chi connectivity index (χ3v) is 4.74. The van der Waals surface area contributed by atoms with E-state index in [1.165, 1.54) is 0 Å². The van der Waals surface area contributed by atoms with E-state index in [4.69, 9.17) is 5.73 Å². The number of rotatable bonds is 6. The fourth-order valence-corrected chi connectivity index (χ4v) is 3.47. The molecule has 2 aromatic carbocycles. The Morgan fingerprint density at radius 3 is 2.08 bits per heavy atom. The maximum Gasteiger partial charge on any atom is 0.310 e. The third kappa shape index (κ3) is 3.74. The van der Waals surface area contributed by atoms with Gasteiger partial charge in [0.15, 0.2) is 0 Å². The number of aliphatic carboxylic acids is 1. The minimum atomic E-state index is -1.11. The molecule has 6 heteroatoms. The summed E-state index contributed by atoms with van der Waals surface area (Å²) in [5.41, 5.74) is 7.32. The molecule has 3 rings (SSSR count). The van der Waals surface area contributed by atoms with E-state index in [2.05, 4.69) is 5.32 Å². The summed E-state index contributed by atoms with van der Waals surface area (Å²) in [5.74, 6) is -1.73. The maximum absolute atomic E-state index is 12.4. The normalized spacial score (nSPS) is 14.5. The molecule has 0 unspecified atom stereocenters. The fourth-order valence-electron chi connectivity index (χ4n) is 3.47. The van der Waals surface area contributed by atoms with Gasteiger partial charge in [-0.2, -0.15) is 0 Å². The first-order valence-electron chi connectivity index (χ1n) is 8.35. The van der Waals surface area contributed by atoms with E-state index < -0.39 is 17.3 Å². The zero-order valence-electron chi connectivity index (χ0n) is 14.2. The molecule has 134 valence electrons. The zero-order chi connectivity index (χ0) is 18.7. The number of hydrogen-bond donors (Lipinski definition) is 3. The van der Waals surface area contributed by atoms with E-state index in [-0.39, 0.29) is 18.7 Å². The number of carbonyl (C=O) groups excluding carboxylic acids is 2. The van der Waals surface area contributed by atoms with Crippen LogP contribution >= 0.6 is 0 Å². The van der Waals surface area contributed by atoms with Crippen LogP contribution in [-0.4, -0.2) is 22.9 Å². The number of carboxylic acid groups (broad SMARTS) is 1. The molecule has 0 aliphatic heterocycles. The van der Waals surface area contributed by atoms with E-state index in [9.17, 15) is 19.5 Å². The van der Waals surface area contributed by atoms with Crippen molar-refractivity contribution in [2.75, 3.05) is 5.32 Å². The van der Waals surface area contributed by atoms with Crippen molar-refractivity contribution >= 4 is 23.5 Å². The standard InChI is InChI=1S/C20H20N2O4/c21-17(23)9-13-5-7-16(8-6-13)22-18(24)12-20(19(25)26)10-14-3-1-2-4-15(14)11-20/h1-8H,9-12H2,(H2,21,23)(H,22,24)(H,25,26). The monoisotopic (exact) mass is 352 g/mol. The summed E-state index contributed by atoms with van der Waals surface area (Å²) in [6.45, 7) is 0.